The van der Waals surface area contributed by atoms with Gasteiger partial charge in [-0.3, -0.25) is 0 Å². The molecule has 39 heavy (non-hydrogen) atoms. The summed E-state index contributed by atoms with van der Waals surface area (Å²) in [5.74, 6) is 0.205. The largest absolute Gasteiger partial charge is 0.497 e. The number of ether oxygens (including phenoxy) is 2. The van der Waals surface area contributed by atoms with E-state index in [1.807, 2.05) is 44.2 Å². The van der Waals surface area contributed by atoms with E-state index in [1.165, 1.54) is 23.5 Å². The third kappa shape index (κ3) is 9.20. The lowest BCUT2D eigenvalue weighted by molar-refractivity contribution is 0.0747. The quantitative estimate of drug-likeness (QED) is 0.368. The normalized spacial score (nSPS) is 18.6. The first-order valence-electron chi connectivity index (χ1n) is 12.9. The van der Waals surface area contributed by atoms with Gasteiger partial charge in [-0.2, -0.15) is 4.31 Å². The maximum atomic E-state index is 13.5. The van der Waals surface area contributed by atoms with Crippen LogP contribution in [0.2, 0.25) is 0 Å². The van der Waals surface area contributed by atoms with E-state index in [9.17, 15) is 26.7 Å². The van der Waals surface area contributed by atoms with Crippen molar-refractivity contribution in [3.8, 4) is 5.75 Å². The van der Waals surface area contributed by atoms with Gasteiger partial charge < -0.3 is 19.9 Å². The highest BCUT2D eigenvalue weighted by Gasteiger charge is 2.34. The number of nitrogens with zero attached hydrogens (tertiary/aromatic N) is 1. The molecule has 2 aromatic carbocycles. The number of benzene rings is 2. The maximum absolute atomic E-state index is 13.5. The number of aliphatic hydroxyl groups excluding tert-OH is 1. The molecule has 0 unspecified atom stereocenters. The van der Waals surface area contributed by atoms with Crippen LogP contribution in [0.15, 0.2) is 59.5 Å². The van der Waals surface area contributed by atoms with Crippen molar-refractivity contribution < 1.29 is 36.2 Å². The van der Waals surface area contributed by atoms with Crippen LogP contribution in [0.5, 0.6) is 5.75 Å². The zero-order valence-corrected chi connectivity index (χ0v) is 24.2. The van der Waals surface area contributed by atoms with Gasteiger partial charge in [0, 0.05) is 13.1 Å². The highest BCUT2D eigenvalue weighted by molar-refractivity contribution is 7.91. The fourth-order valence-electron chi connectivity index (χ4n) is 4.43. The highest BCUT2D eigenvalue weighted by atomic mass is 32.2. The van der Waals surface area contributed by atoms with Crippen molar-refractivity contribution in [1.29, 1.82) is 0 Å². The monoisotopic (exact) mass is 582 g/mol. The Labute approximate surface area is 231 Å². The lowest BCUT2D eigenvalue weighted by Crippen LogP contribution is -2.50. The summed E-state index contributed by atoms with van der Waals surface area (Å²) in [7, 11) is -5.72. The lowest BCUT2D eigenvalue weighted by Gasteiger charge is -2.30. The standard InChI is InChI=1S/C27H38N2O8S2/c1-20(2)17-29(39(34,35)24-12-10-22(36-3)11-13-24)18-26(30)25(14-9-21-7-5-4-6-8-21)28-27(31)37-23-15-16-38(32,33)19-23/h4-8,10-13,20,23,25-26,30H,9,14-19H2,1-3H3,(H,28,31)/t23-,25-,26+/m0/s1. The summed E-state index contributed by atoms with van der Waals surface area (Å²) in [6.45, 7) is 3.65. The number of sulfonamides is 1. The van der Waals surface area contributed by atoms with Crippen LogP contribution >= 0.6 is 0 Å². The van der Waals surface area contributed by atoms with E-state index in [0.717, 1.165) is 5.56 Å². The van der Waals surface area contributed by atoms with Crippen molar-refractivity contribution >= 4 is 26.0 Å². The Kier molecular flexibility index (Phi) is 10.8. The first-order chi connectivity index (χ1) is 18.4. The number of nitrogens with one attached hydrogen (secondary N) is 1. The second kappa shape index (κ2) is 13.6. The zero-order chi connectivity index (χ0) is 28.6. The predicted octanol–water partition coefficient (Wildman–Crippen LogP) is 2.62. The van der Waals surface area contributed by atoms with E-state index in [-0.39, 0.29) is 41.8 Å². The van der Waals surface area contributed by atoms with Crippen molar-refractivity contribution in [2.75, 3.05) is 31.7 Å². The summed E-state index contributed by atoms with van der Waals surface area (Å²) in [5.41, 5.74) is 0.983. The zero-order valence-electron chi connectivity index (χ0n) is 22.5. The SMILES string of the molecule is COc1ccc(S(=O)(=O)N(CC(C)C)C[C@@H](O)[C@H](CCc2ccccc2)NC(=O)O[C@H]2CCS(=O)(=O)C2)cc1. The Bertz CT molecular complexity index is 1280. The van der Waals surface area contributed by atoms with E-state index in [0.29, 0.717) is 18.6 Å². The number of methoxy groups -OCH3 is 1. The van der Waals surface area contributed by atoms with Gasteiger partial charge in [0.1, 0.15) is 11.9 Å². The van der Waals surface area contributed by atoms with Crippen LogP contribution in [0.3, 0.4) is 0 Å². The fourth-order valence-corrected chi connectivity index (χ4v) is 7.64. The number of alkyl carbamates (subject to hydrolysis) is 1. The highest BCUT2D eigenvalue weighted by Crippen LogP contribution is 2.22. The average Bonchev–Trinajstić information content (AvgIpc) is 3.23. The number of amides is 1. The third-order valence-electron chi connectivity index (χ3n) is 6.48. The van der Waals surface area contributed by atoms with Gasteiger partial charge in [0.25, 0.3) is 0 Å². The number of carbonyl (C=O) groups is 1. The van der Waals surface area contributed by atoms with Crippen molar-refractivity contribution in [2.45, 2.75) is 56.3 Å². The minimum Gasteiger partial charge on any atom is -0.497 e. The first-order valence-corrected chi connectivity index (χ1v) is 16.2. The van der Waals surface area contributed by atoms with Crippen LogP contribution in [0.1, 0.15) is 32.3 Å². The van der Waals surface area contributed by atoms with Gasteiger partial charge in [0.15, 0.2) is 9.84 Å². The molecule has 0 aromatic heterocycles. The van der Waals surface area contributed by atoms with Gasteiger partial charge in [-0.05, 0) is 55.0 Å². The van der Waals surface area contributed by atoms with Crippen LogP contribution in [-0.4, -0.2) is 82.3 Å². The molecule has 1 aliphatic rings. The summed E-state index contributed by atoms with van der Waals surface area (Å²) >= 11 is 0. The summed E-state index contributed by atoms with van der Waals surface area (Å²) in [4.78, 5) is 12.8. The topological polar surface area (TPSA) is 139 Å². The van der Waals surface area contributed by atoms with Crippen LogP contribution in [0.4, 0.5) is 4.79 Å². The smallest absolute Gasteiger partial charge is 0.407 e. The van der Waals surface area contributed by atoms with E-state index in [4.69, 9.17) is 9.47 Å². The molecule has 10 nitrogen and oxygen atoms in total. The molecule has 1 aliphatic heterocycles. The number of rotatable bonds is 13. The maximum Gasteiger partial charge on any atom is 0.407 e. The van der Waals surface area contributed by atoms with E-state index >= 15 is 0 Å². The number of carbonyl (C=O) groups excluding carboxylic acids is 1. The molecule has 1 heterocycles. The van der Waals surface area contributed by atoms with Crippen molar-refractivity contribution in [1.82, 2.24) is 9.62 Å². The molecule has 3 atom stereocenters. The molecule has 3 rings (SSSR count). The second-order valence-corrected chi connectivity index (χ2v) is 14.3. The van der Waals surface area contributed by atoms with Crippen LogP contribution in [0, 0.1) is 5.92 Å². The number of hydrogen-bond donors (Lipinski definition) is 2. The first kappa shape index (κ1) is 30.9. The molecular weight excluding hydrogens is 544 g/mol. The Morgan fingerprint density at radius 1 is 1.10 bits per heavy atom. The third-order valence-corrected chi connectivity index (χ3v) is 10.1. The van der Waals surface area contributed by atoms with Gasteiger partial charge in [-0.15, -0.1) is 0 Å². The Morgan fingerprint density at radius 2 is 1.77 bits per heavy atom. The molecule has 0 spiro atoms. The van der Waals surface area contributed by atoms with Crippen LogP contribution < -0.4 is 10.1 Å². The minimum atomic E-state index is -3.97. The van der Waals surface area contributed by atoms with E-state index in [2.05, 4.69) is 5.32 Å². The summed E-state index contributed by atoms with van der Waals surface area (Å²) in [6, 6.07) is 14.7. The molecule has 0 saturated carbocycles. The number of hydrogen-bond acceptors (Lipinski definition) is 8. The molecule has 1 saturated heterocycles. The van der Waals surface area contributed by atoms with E-state index in [1.54, 1.807) is 12.1 Å². The summed E-state index contributed by atoms with van der Waals surface area (Å²) < 4.78 is 62.2. The molecular formula is C27H38N2O8S2. The summed E-state index contributed by atoms with van der Waals surface area (Å²) in [6.07, 6.45) is -1.83. The Hall–Kier alpha value is -2.67. The molecule has 0 bridgehead atoms. The number of sulfone groups is 1. The lowest BCUT2D eigenvalue weighted by atomic mass is 10.0. The molecule has 1 fully saturated rings. The van der Waals surface area contributed by atoms with Gasteiger partial charge >= 0.3 is 6.09 Å². The van der Waals surface area contributed by atoms with Gasteiger partial charge in [-0.25, -0.2) is 21.6 Å². The molecule has 1 amide bonds. The molecule has 2 N–H and O–H groups in total. The summed E-state index contributed by atoms with van der Waals surface area (Å²) in [5, 5.41) is 13.9. The molecule has 2 aromatic rings. The number of aryl methyl sites for hydroxylation is 1. The van der Waals surface area contributed by atoms with Gasteiger partial charge in [0.2, 0.25) is 10.0 Å². The molecule has 216 valence electrons. The Morgan fingerprint density at radius 3 is 2.33 bits per heavy atom. The van der Waals surface area contributed by atoms with Crippen molar-refractivity contribution in [3.05, 3.63) is 60.2 Å². The van der Waals surface area contributed by atoms with Gasteiger partial charge in [0.05, 0.1) is 35.7 Å². The predicted molar refractivity (Wildman–Crippen MR) is 148 cm³/mol. The van der Waals surface area contributed by atoms with E-state index < -0.39 is 44.2 Å². The van der Waals surface area contributed by atoms with Crippen LogP contribution in [-0.2, 0) is 31.0 Å². The Balaban J connectivity index is 1.78. The molecule has 0 aliphatic carbocycles. The number of aliphatic hydroxyl groups is 1. The van der Waals surface area contributed by atoms with Gasteiger partial charge in [-0.1, -0.05) is 44.2 Å². The second-order valence-electron chi connectivity index (χ2n) is 10.2. The minimum absolute atomic E-state index is 0.0322. The van der Waals surface area contributed by atoms with Crippen molar-refractivity contribution in [2.24, 2.45) is 5.92 Å². The fraction of sp³-hybridized carbons (Fsp3) is 0.519. The van der Waals surface area contributed by atoms with Crippen molar-refractivity contribution in [3.63, 3.8) is 0 Å². The average molecular weight is 583 g/mol. The molecule has 0 radical (unpaired) electrons. The molecule has 12 heteroatoms. The van der Waals surface area contributed by atoms with Crippen LogP contribution in [0.25, 0.3) is 0 Å².